The summed E-state index contributed by atoms with van der Waals surface area (Å²) in [6.07, 6.45) is 1.59. The van der Waals surface area contributed by atoms with Gasteiger partial charge in [-0.2, -0.15) is 5.10 Å². The summed E-state index contributed by atoms with van der Waals surface area (Å²) < 4.78 is 0. The first kappa shape index (κ1) is 12.8. The Hall–Kier alpha value is -1.25. The molecule has 1 heterocycles. The van der Waals surface area contributed by atoms with Crippen molar-refractivity contribution in [2.75, 3.05) is 0 Å². The summed E-state index contributed by atoms with van der Waals surface area (Å²) in [5.74, 6) is 0. The Morgan fingerprint density at radius 1 is 1.00 bits per heavy atom. The first-order valence-corrected chi connectivity index (χ1v) is 5.51. The maximum absolute atomic E-state index is 12.0. The Balaban J connectivity index is 3.70. The summed E-state index contributed by atoms with van der Waals surface area (Å²) in [6, 6.07) is 1.90. The lowest BCUT2D eigenvalue weighted by atomic mass is 9.76. The molecule has 0 aliphatic heterocycles. The molecule has 0 aliphatic rings. The Morgan fingerprint density at radius 2 is 1.56 bits per heavy atom. The molecule has 0 bridgehead atoms. The summed E-state index contributed by atoms with van der Waals surface area (Å²) in [4.78, 5) is 12.0. The van der Waals surface area contributed by atoms with Gasteiger partial charge in [-0.15, -0.1) is 5.10 Å². The zero-order chi connectivity index (χ0) is 12.6. The van der Waals surface area contributed by atoms with Crippen molar-refractivity contribution in [3.8, 4) is 0 Å². The highest BCUT2D eigenvalue weighted by Gasteiger charge is 2.27. The highest BCUT2D eigenvalue weighted by Crippen LogP contribution is 2.30. The van der Waals surface area contributed by atoms with E-state index in [1.165, 1.54) is 0 Å². The minimum atomic E-state index is -0.220. The van der Waals surface area contributed by atoms with E-state index in [0.717, 1.165) is 11.1 Å². The van der Waals surface area contributed by atoms with Gasteiger partial charge in [-0.05, 0) is 22.5 Å². The van der Waals surface area contributed by atoms with E-state index in [4.69, 9.17) is 0 Å². The molecule has 0 unspecified atom stereocenters. The molecule has 3 nitrogen and oxygen atoms in total. The van der Waals surface area contributed by atoms with E-state index >= 15 is 0 Å². The van der Waals surface area contributed by atoms with Gasteiger partial charge >= 0.3 is 0 Å². The largest absolute Gasteiger partial charge is 0.292 e. The topological polar surface area (TPSA) is 42.9 Å². The van der Waals surface area contributed by atoms with E-state index < -0.39 is 0 Å². The second-order valence-corrected chi connectivity index (χ2v) is 6.13. The number of rotatable bonds is 0. The first-order valence-electron chi connectivity index (χ1n) is 5.51. The fraction of sp³-hybridized carbons (Fsp3) is 0.615. The average molecular weight is 220 g/mol. The summed E-state index contributed by atoms with van der Waals surface area (Å²) >= 11 is 0. The molecule has 0 saturated carbocycles. The van der Waals surface area contributed by atoms with Crippen molar-refractivity contribution < 1.29 is 0 Å². The van der Waals surface area contributed by atoms with Gasteiger partial charge < -0.3 is 0 Å². The smallest absolute Gasteiger partial charge is 0.265 e. The molecule has 0 spiro atoms. The van der Waals surface area contributed by atoms with Gasteiger partial charge in [-0.3, -0.25) is 4.79 Å². The minimum Gasteiger partial charge on any atom is -0.265 e. The van der Waals surface area contributed by atoms with Gasteiger partial charge in [-0.1, -0.05) is 41.5 Å². The van der Waals surface area contributed by atoms with E-state index in [0.29, 0.717) is 0 Å². The van der Waals surface area contributed by atoms with Crippen LogP contribution in [0.15, 0.2) is 17.1 Å². The molecular weight excluding hydrogens is 200 g/mol. The lowest BCUT2D eigenvalue weighted by Crippen LogP contribution is -2.29. The Bertz CT molecular complexity index is 439. The molecule has 0 amide bonds. The fourth-order valence-corrected chi connectivity index (χ4v) is 1.79. The Morgan fingerprint density at radius 3 is 2.00 bits per heavy atom. The standard InChI is InChI=1S/C13H20N2O/c1-12(2,3)9-7-8-14-15-11(16)10(9)13(4,5)6/h7-8H,1-6H3. The molecule has 0 saturated heterocycles. The molecule has 0 aliphatic carbocycles. The third-order valence-electron chi connectivity index (χ3n) is 2.50. The van der Waals surface area contributed by atoms with Crippen molar-refractivity contribution in [2.24, 2.45) is 0 Å². The molecule has 3 heteroatoms. The molecular formula is C13H20N2O. The molecule has 0 fully saturated rings. The predicted molar refractivity (Wildman–Crippen MR) is 65.7 cm³/mol. The van der Waals surface area contributed by atoms with Crippen LogP contribution in [-0.2, 0) is 10.8 Å². The van der Waals surface area contributed by atoms with E-state index in [1.807, 2.05) is 26.8 Å². The molecule has 0 aromatic carbocycles. The van der Waals surface area contributed by atoms with Gasteiger partial charge in [0.1, 0.15) is 0 Å². The van der Waals surface area contributed by atoms with Crippen LogP contribution in [0, 0.1) is 0 Å². The van der Waals surface area contributed by atoms with Crippen LogP contribution >= 0.6 is 0 Å². The van der Waals surface area contributed by atoms with Crippen LogP contribution in [0.25, 0.3) is 0 Å². The van der Waals surface area contributed by atoms with Crippen LogP contribution in [0.4, 0.5) is 0 Å². The van der Waals surface area contributed by atoms with Gasteiger partial charge in [0.15, 0.2) is 0 Å². The third kappa shape index (κ3) is 2.65. The van der Waals surface area contributed by atoms with Crippen LogP contribution in [-0.4, -0.2) is 10.2 Å². The molecule has 1 aromatic heterocycles. The highest BCUT2D eigenvalue weighted by molar-refractivity contribution is 5.33. The average Bonchev–Trinajstić information content (AvgIpc) is 2.23. The van der Waals surface area contributed by atoms with Crippen LogP contribution in [0.1, 0.15) is 52.7 Å². The lowest BCUT2D eigenvalue weighted by molar-refractivity contribution is 0.526. The summed E-state index contributed by atoms with van der Waals surface area (Å²) in [7, 11) is 0. The van der Waals surface area contributed by atoms with Crippen molar-refractivity contribution in [3.63, 3.8) is 0 Å². The summed E-state index contributed by atoms with van der Waals surface area (Å²) in [5, 5.41) is 7.41. The van der Waals surface area contributed by atoms with E-state index in [9.17, 15) is 4.79 Å². The van der Waals surface area contributed by atoms with Crippen LogP contribution in [0.5, 0.6) is 0 Å². The molecule has 1 aromatic rings. The second kappa shape index (κ2) is 3.96. The summed E-state index contributed by atoms with van der Waals surface area (Å²) in [6.45, 7) is 12.4. The first-order chi connectivity index (χ1) is 7.14. The van der Waals surface area contributed by atoms with Crippen LogP contribution in [0.3, 0.4) is 0 Å². The number of aromatic nitrogens is 2. The normalized spacial score (nSPS) is 12.6. The van der Waals surface area contributed by atoms with Crippen molar-refractivity contribution >= 4 is 0 Å². The van der Waals surface area contributed by atoms with E-state index in [2.05, 4.69) is 31.0 Å². The van der Waals surface area contributed by atoms with Gasteiger partial charge in [0.25, 0.3) is 5.56 Å². The number of hydrogen-bond donors (Lipinski definition) is 0. The maximum Gasteiger partial charge on any atom is 0.292 e. The number of hydrogen-bond acceptors (Lipinski definition) is 3. The van der Waals surface area contributed by atoms with E-state index in [1.54, 1.807) is 6.20 Å². The molecule has 0 radical (unpaired) electrons. The summed E-state index contributed by atoms with van der Waals surface area (Å²) in [5.41, 5.74) is 1.27. The molecule has 0 N–H and O–H groups in total. The van der Waals surface area contributed by atoms with Gasteiger partial charge in [0.05, 0.1) is 0 Å². The Kier molecular flexibility index (Phi) is 3.17. The maximum atomic E-state index is 12.0. The molecule has 16 heavy (non-hydrogen) atoms. The van der Waals surface area contributed by atoms with Crippen molar-refractivity contribution in [1.82, 2.24) is 10.2 Å². The van der Waals surface area contributed by atoms with Gasteiger partial charge in [0, 0.05) is 11.8 Å². The van der Waals surface area contributed by atoms with E-state index in [-0.39, 0.29) is 16.4 Å². The zero-order valence-electron chi connectivity index (χ0n) is 11.0. The Labute approximate surface area is 96.9 Å². The van der Waals surface area contributed by atoms with Gasteiger partial charge in [0.2, 0.25) is 0 Å². The molecule has 88 valence electrons. The highest BCUT2D eigenvalue weighted by atomic mass is 16.1. The predicted octanol–water partition coefficient (Wildman–Crippen LogP) is 2.43. The second-order valence-electron chi connectivity index (χ2n) is 6.13. The van der Waals surface area contributed by atoms with Crippen LogP contribution in [0.2, 0.25) is 0 Å². The molecule has 1 rings (SSSR count). The molecule has 0 atom stereocenters. The van der Waals surface area contributed by atoms with Crippen molar-refractivity contribution in [2.45, 2.75) is 52.4 Å². The van der Waals surface area contributed by atoms with Gasteiger partial charge in [-0.25, -0.2) is 0 Å². The van der Waals surface area contributed by atoms with Crippen LogP contribution < -0.4 is 5.56 Å². The SMILES string of the molecule is CC(C)(C)c1ccnnc(=O)c1C(C)(C)C. The lowest BCUT2D eigenvalue weighted by Gasteiger charge is -2.27. The van der Waals surface area contributed by atoms with Crippen molar-refractivity contribution in [1.29, 1.82) is 0 Å². The zero-order valence-corrected chi connectivity index (χ0v) is 11.0. The van der Waals surface area contributed by atoms with Crippen molar-refractivity contribution in [3.05, 3.63) is 33.7 Å². The quantitative estimate of drug-likeness (QED) is 0.674. The number of nitrogens with zero attached hydrogens (tertiary/aromatic N) is 2. The third-order valence-corrected chi connectivity index (χ3v) is 2.50. The monoisotopic (exact) mass is 220 g/mol. The minimum absolute atomic E-state index is 0.0792. The fourth-order valence-electron chi connectivity index (χ4n) is 1.79.